The minimum Gasteiger partial charge on any atom is -0.330 e. The average Bonchev–Trinajstić information content (AvgIpc) is 3.40. The van der Waals surface area contributed by atoms with E-state index in [0.29, 0.717) is 12.4 Å². The molecule has 0 spiro atoms. The molecule has 3 N–H and O–H groups in total. The third-order valence-electron chi connectivity index (χ3n) is 4.91. The minimum atomic E-state index is 0. The number of rotatable bonds is 8. The Morgan fingerprint density at radius 1 is 1.00 bits per heavy atom. The predicted octanol–water partition coefficient (Wildman–Crippen LogP) is 3.65. The summed E-state index contributed by atoms with van der Waals surface area (Å²) in [7, 11) is 0. The molecule has 0 amide bonds. The van der Waals surface area contributed by atoms with Crippen LogP contribution in [0.3, 0.4) is 0 Å². The molecule has 7 nitrogen and oxygen atoms in total. The summed E-state index contributed by atoms with van der Waals surface area (Å²) in [6.45, 7) is 3.61. The molecular weight excluding hydrogens is 398 g/mol. The van der Waals surface area contributed by atoms with Gasteiger partial charge in [-0.05, 0) is 34.9 Å². The normalized spacial score (nSPS) is 10.7. The van der Waals surface area contributed by atoms with E-state index in [1.165, 1.54) is 5.56 Å². The molecule has 4 rings (SSSR count). The zero-order chi connectivity index (χ0) is 20.1. The van der Waals surface area contributed by atoms with E-state index in [4.69, 9.17) is 10.7 Å². The molecule has 8 heteroatoms. The third kappa shape index (κ3) is 4.75. The van der Waals surface area contributed by atoms with Gasteiger partial charge >= 0.3 is 0 Å². The first-order valence-electron chi connectivity index (χ1n) is 9.95. The van der Waals surface area contributed by atoms with Crippen LogP contribution in [0.1, 0.15) is 30.4 Å². The lowest BCUT2D eigenvalue weighted by molar-refractivity contribution is 0.705. The summed E-state index contributed by atoms with van der Waals surface area (Å²) in [5.74, 6) is 1.72. The quantitative estimate of drug-likeness (QED) is 0.450. The molecule has 4 aromatic rings. The van der Waals surface area contributed by atoms with Crippen molar-refractivity contribution in [3.05, 3.63) is 71.8 Å². The van der Waals surface area contributed by atoms with Crippen LogP contribution in [0.4, 0.5) is 0 Å². The zero-order valence-corrected chi connectivity index (χ0v) is 17.8. The Morgan fingerprint density at radius 2 is 1.77 bits per heavy atom. The van der Waals surface area contributed by atoms with Gasteiger partial charge in [0.15, 0.2) is 0 Å². The number of H-pyrrole nitrogens is 1. The van der Waals surface area contributed by atoms with Crippen molar-refractivity contribution in [3.63, 3.8) is 0 Å². The molecule has 2 aromatic carbocycles. The molecular formula is C22H26ClN7. The summed E-state index contributed by atoms with van der Waals surface area (Å²) in [5, 5.41) is 14.5. The monoisotopic (exact) mass is 423 g/mol. The van der Waals surface area contributed by atoms with Crippen molar-refractivity contribution in [2.75, 3.05) is 6.54 Å². The van der Waals surface area contributed by atoms with Crippen LogP contribution in [-0.2, 0) is 19.4 Å². The number of imidazole rings is 1. The molecule has 30 heavy (non-hydrogen) atoms. The molecule has 0 aliphatic rings. The van der Waals surface area contributed by atoms with Crippen LogP contribution >= 0.6 is 12.4 Å². The van der Waals surface area contributed by atoms with Crippen LogP contribution in [-0.4, -0.2) is 36.7 Å². The van der Waals surface area contributed by atoms with Crippen molar-refractivity contribution in [2.24, 2.45) is 5.73 Å². The first kappa shape index (κ1) is 21.7. The number of nitrogens with one attached hydrogen (secondary N) is 1. The second kappa shape index (κ2) is 10.1. The van der Waals surface area contributed by atoms with Gasteiger partial charge in [-0.3, -0.25) is 0 Å². The maximum absolute atomic E-state index is 5.70. The van der Waals surface area contributed by atoms with Crippen LogP contribution in [0, 0.1) is 0 Å². The minimum absolute atomic E-state index is 0. The number of benzene rings is 2. The van der Waals surface area contributed by atoms with Gasteiger partial charge in [-0.1, -0.05) is 55.5 Å². The summed E-state index contributed by atoms with van der Waals surface area (Å²) in [5.41, 5.74) is 11.2. The summed E-state index contributed by atoms with van der Waals surface area (Å²) >= 11 is 0. The van der Waals surface area contributed by atoms with Crippen molar-refractivity contribution in [1.82, 2.24) is 30.2 Å². The summed E-state index contributed by atoms with van der Waals surface area (Å²) in [6, 6.07) is 16.7. The highest BCUT2D eigenvalue weighted by atomic mass is 35.5. The van der Waals surface area contributed by atoms with Gasteiger partial charge in [-0.2, -0.15) is 5.21 Å². The average molecular weight is 424 g/mol. The number of nitrogens with zero attached hydrogens (tertiary/aromatic N) is 5. The maximum Gasteiger partial charge on any atom is 0.205 e. The number of tetrazole rings is 1. The van der Waals surface area contributed by atoms with Crippen molar-refractivity contribution in [2.45, 2.75) is 32.7 Å². The molecule has 0 saturated heterocycles. The standard InChI is InChI=1S/C22H25N7.ClH/c1-2-5-21-24-18(12-13-23)15-29(21)14-16-8-10-17(11-9-16)19-6-3-4-7-20(19)22-25-27-28-26-22;/h3-4,6-11,15H,2,5,12-14,23H2,1H3,(H,25,26,27,28);1H. The van der Waals surface area contributed by atoms with Crippen molar-refractivity contribution in [3.8, 4) is 22.5 Å². The Labute approximate surface area is 182 Å². The van der Waals surface area contributed by atoms with Gasteiger partial charge in [0.1, 0.15) is 5.82 Å². The zero-order valence-electron chi connectivity index (χ0n) is 17.0. The maximum atomic E-state index is 5.70. The number of aryl methyl sites for hydroxylation is 1. The highest BCUT2D eigenvalue weighted by Gasteiger charge is 2.11. The van der Waals surface area contributed by atoms with Gasteiger partial charge in [0.25, 0.3) is 0 Å². The molecule has 2 aromatic heterocycles. The van der Waals surface area contributed by atoms with E-state index in [1.807, 2.05) is 18.2 Å². The second-order valence-electron chi connectivity index (χ2n) is 7.04. The number of hydrogen-bond donors (Lipinski definition) is 2. The SMILES string of the molecule is CCCc1nc(CCN)cn1Cc1ccc(-c2ccccc2-c2nn[nH]n2)cc1.Cl. The fourth-order valence-electron chi connectivity index (χ4n) is 3.53. The summed E-state index contributed by atoms with van der Waals surface area (Å²) in [4.78, 5) is 4.75. The summed E-state index contributed by atoms with van der Waals surface area (Å²) < 4.78 is 2.25. The van der Waals surface area contributed by atoms with E-state index in [0.717, 1.165) is 54.0 Å². The van der Waals surface area contributed by atoms with Crippen molar-refractivity contribution in [1.29, 1.82) is 0 Å². The van der Waals surface area contributed by atoms with Gasteiger partial charge in [0.2, 0.25) is 5.82 Å². The number of aromatic amines is 1. The molecule has 0 bridgehead atoms. The first-order chi connectivity index (χ1) is 14.3. The van der Waals surface area contributed by atoms with Gasteiger partial charge in [0.05, 0.1) is 5.69 Å². The van der Waals surface area contributed by atoms with E-state index >= 15 is 0 Å². The fourth-order valence-corrected chi connectivity index (χ4v) is 3.53. The lowest BCUT2D eigenvalue weighted by atomic mass is 9.98. The number of hydrogen-bond acceptors (Lipinski definition) is 5. The predicted molar refractivity (Wildman–Crippen MR) is 120 cm³/mol. The van der Waals surface area contributed by atoms with Gasteiger partial charge < -0.3 is 10.3 Å². The van der Waals surface area contributed by atoms with Crippen LogP contribution in [0.2, 0.25) is 0 Å². The molecule has 156 valence electrons. The highest BCUT2D eigenvalue weighted by molar-refractivity contribution is 5.85. The van der Waals surface area contributed by atoms with Crippen molar-refractivity contribution >= 4 is 12.4 Å². The Morgan fingerprint density at radius 3 is 2.43 bits per heavy atom. The first-order valence-corrected chi connectivity index (χ1v) is 9.95. The van der Waals surface area contributed by atoms with E-state index in [9.17, 15) is 0 Å². The Balaban J connectivity index is 0.00000256. The number of nitrogens with two attached hydrogens (primary N) is 1. The van der Waals surface area contributed by atoms with Gasteiger partial charge in [-0.15, -0.1) is 22.6 Å². The van der Waals surface area contributed by atoms with Crippen LogP contribution in [0.25, 0.3) is 22.5 Å². The van der Waals surface area contributed by atoms with Gasteiger partial charge in [-0.25, -0.2) is 4.98 Å². The second-order valence-corrected chi connectivity index (χ2v) is 7.04. The lowest BCUT2D eigenvalue weighted by Crippen LogP contribution is -2.04. The highest BCUT2D eigenvalue weighted by Crippen LogP contribution is 2.29. The van der Waals surface area contributed by atoms with E-state index in [1.54, 1.807) is 0 Å². The Hall–Kier alpha value is -3.03. The Kier molecular flexibility index (Phi) is 7.32. The number of halogens is 1. The van der Waals surface area contributed by atoms with Crippen molar-refractivity contribution < 1.29 is 0 Å². The molecule has 0 fully saturated rings. The number of aromatic nitrogens is 6. The topological polar surface area (TPSA) is 98.3 Å². The molecule has 0 saturated carbocycles. The lowest BCUT2D eigenvalue weighted by Gasteiger charge is -2.10. The molecule has 0 aliphatic carbocycles. The van der Waals surface area contributed by atoms with Gasteiger partial charge in [0, 0.05) is 31.1 Å². The molecule has 0 radical (unpaired) electrons. The largest absolute Gasteiger partial charge is 0.330 e. The van der Waals surface area contributed by atoms with E-state index < -0.39 is 0 Å². The van der Waals surface area contributed by atoms with Crippen LogP contribution in [0.5, 0.6) is 0 Å². The molecule has 0 atom stereocenters. The molecule has 0 unspecified atom stereocenters. The van der Waals surface area contributed by atoms with E-state index in [-0.39, 0.29) is 12.4 Å². The smallest absolute Gasteiger partial charge is 0.205 e. The molecule has 2 heterocycles. The molecule has 0 aliphatic heterocycles. The summed E-state index contributed by atoms with van der Waals surface area (Å²) in [6.07, 6.45) is 5.00. The van der Waals surface area contributed by atoms with E-state index in [2.05, 4.69) is 68.6 Å². The van der Waals surface area contributed by atoms with Crippen LogP contribution < -0.4 is 5.73 Å². The Bertz CT molecular complexity index is 1060. The fraction of sp³-hybridized carbons (Fsp3) is 0.273. The third-order valence-corrected chi connectivity index (χ3v) is 4.91. The van der Waals surface area contributed by atoms with Crippen LogP contribution in [0.15, 0.2) is 54.7 Å².